The van der Waals surface area contributed by atoms with E-state index < -0.39 is 47.6 Å². The molecule has 0 unspecified atom stereocenters. The Morgan fingerprint density at radius 2 is 1.62 bits per heavy atom. The fourth-order valence-corrected chi connectivity index (χ4v) is 3.02. The van der Waals surface area contributed by atoms with E-state index in [-0.39, 0.29) is 43.9 Å². The fraction of sp³-hybridized carbons (Fsp3) is 0.286. The normalized spacial score (nSPS) is 18.1. The number of rotatable bonds is 8. The van der Waals surface area contributed by atoms with Crippen LogP contribution in [0.3, 0.4) is 0 Å². The summed E-state index contributed by atoms with van der Waals surface area (Å²) in [4.78, 5) is 35.9. The monoisotopic (exact) mass is 459 g/mol. The minimum atomic E-state index is -4.45. The van der Waals surface area contributed by atoms with E-state index in [0.29, 0.717) is 5.56 Å². The molecule has 3 atom stereocenters. The van der Waals surface area contributed by atoms with Gasteiger partial charge in [0.1, 0.15) is 18.1 Å². The second-order valence-electron chi connectivity index (χ2n) is 7.12. The van der Waals surface area contributed by atoms with Gasteiger partial charge in [-0.15, -0.1) is 0 Å². The van der Waals surface area contributed by atoms with Gasteiger partial charge in [0.25, 0.3) is 0 Å². The summed E-state index contributed by atoms with van der Waals surface area (Å²) in [6, 6.07) is 10.4. The summed E-state index contributed by atoms with van der Waals surface area (Å²) in [5.41, 5.74) is 0.443. The molecule has 1 heterocycles. The molecule has 3 rings (SSSR count). The van der Waals surface area contributed by atoms with Gasteiger partial charge >= 0.3 is 41.7 Å². The molecule has 0 saturated carbocycles. The third-order valence-corrected chi connectivity index (χ3v) is 4.80. The number of hydrogen-bond acceptors (Lipinski definition) is 4. The zero-order chi connectivity index (χ0) is 22.6. The molecule has 7 nitrogen and oxygen atoms in total. The zero-order valence-corrected chi connectivity index (χ0v) is 19.1. The predicted octanol–water partition coefficient (Wildman–Crippen LogP) is -1.41. The molecule has 11 heteroatoms. The molecule has 1 fully saturated rings. The number of carbonyl (C=O) groups excluding carboxylic acids is 2. The minimum absolute atomic E-state index is 0. The van der Waals surface area contributed by atoms with E-state index >= 15 is 0 Å². The summed E-state index contributed by atoms with van der Waals surface area (Å²) in [6.45, 7) is -0.0302. The molecule has 0 spiro atoms. The van der Waals surface area contributed by atoms with Crippen LogP contribution in [0.2, 0.25) is 0 Å². The number of hydrogen-bond donors (Lipinski definition) is 4. The smallest absolute Gasteiger partial charge is 1.00 e. The first-order chi connectivity index (χ1) is 14.6. The van der Waals surface area contributed by atoms with Crippen LogP contribution in [0.4, 0.5) is 13.2 Å². The third kappa shape index (κ3) is 7.06. The van der Waals surface area contributed by atoms with E-state index in [4.69, 9.17) is 5.11 Å². The first-order valence-corrected chi connectivity index (χ1v) is 9.42. The number of nitrogens with one attached hydrogen (secondary N) is 3. The predicted molar refractivity (Wildman–Crippen MR) is 105 cm³/mol. The number of aliphatic carboxylic acids is 1. The van der Waals surface area contributed by atoms with Gasteiger partial charge in [0.15, 0.2) is 0 Å². The van der Waals surface area contributed by atoms with Crippen molar-refractivity contribution in [3.05, 3.63) is 71.3 Å². The van der Waals surface area contributed by atoms with Gasteiger partial charge in [-0.1, -0.05) is 42.5 Å². The second kappa shape index (κ2) is 11.0. The summed E-state index contributed by atoms with van der Waals surface area (Å²) >= 11 is 0. The number of halogens is 3. The molecule has 0 aliphatic carbocycles. The van der Waals surface area contributed by atoms with Crippen molar-refractivity contribution in [1.29, 1.82) is 0 Å². The fourth-order valence-electron chi connectivity index (χ4n) is 3.02. The van der Waals surface area contributed by atoms with Gasteiger partial charge in [-0.05, 0) is 23.3 Å². The van der Waals surface area contributed by atoms with E-state index in [1.807, 2.05) is 0 Å². The van der Waals surface area contributed by atoms with Crippen LogP contribution in [0.15, 0.2) is 54.6 Å². The number of carboxylic acids is 1. The molecule has 1 aliphatic heterocycles. The number of amides is 2. The Labute approximate surface area is 205 Å². The molecule has 0 radical (unpaired) electrons. The average Bonchev–Trinajstić information content (AvgIpc) is 3.53. The van der Waals surface area contributed by atoms with Crippen LogP contribution < -0.4 is 45.5 Å². The van der Waals surface area contributed by atoms with Crippen molar-refractivity contribution in [3.8, 4) is 0 Å². The van der Waals surface area contributed by atoms with Gasteiger partial charge in [-0.2, -0.15) is 13.2 Å². The molecule has 166 valence electrons. The minimum Gasteiger partial charge on any atom is -1.00 e. The van der Waals surface area contributed by atoms with Crippen molar-refractivity contribution in [1.82, 2.24) is 16.0 Å². The molecular weight excluding hydrogens is 438 g/mol. The molecular formula is C21H21F3N3NaO4. The Morgan fingerprint density at radius 1 is 1.00 bits per heavy atom. The summed E-state index contributed by atoms with van der Waals surface area (Å²) in [5.74, 6) is -2.31. The van der Waals surface area contributed by atoms with Crippen LogP contribution in [0.25, 0.3) is 0 Å². The van der Waals surface area contributed by atoms with Crippen LogP contribution in [0, 0.1) is 0 Å². The van der Waals surface area contributed by atoms with Crippen LogP contribution in [-0.2, 0) is 33.5 Å². The third-order valence-electron chi connectivity index (χ3n) is 4.80. The van der Waals surface area contributed by atoms with Gasteiger partial charge < -0.3 is 17.2 Å². The molecule has 2 aromatic carbocycles. The molecule has 0 bridgehead atoms. The van der Waals surface area contributed by atoms with Gasteiger partial charge in [-0.3, -0.25) is 19.7 Å². The number of carboxylic acid groups (broad SMARTS) is 1. The topological polar surface area (TPSA) is 117 Å². The summed E-state index contributed by atoms with van der Waals surface area (Å²) in [6.07, 6.45) is -4.28. The van der Waals surface area contributed by atoms with E-state index in [9.17, 15) is 27.6 Å². The molecule has 2 amide bonds. The Kier molecular flexibility index (Phi) is 8.85. The zero-order valence-electron chi connectivity index (χ0n) is 18.1. The summed E-state index contributed by atoms with van der Waals surface area (Å²) in [7, 11) is 0. The maximum absolute atomic E-state index is 12.7. The molecule has 2 aromatic rings. The van der Waals surface area contributed by atoms with E-state index in [0.717, 1.165) is 17.7 Å². The Bertz CT molecular complexity index is 961. The van der Waals surface area contributed by atoms with Gasteiger partial charge in [0.2, 0.25) is 11.8 Å². The maximum atomic E-state index is 12.7. The van der Waals surface area contributed by atoms with Crippen molar-refractivity contribution in [2.45, 2.75) is 37.3 Å². The number of carbonyl (C=O) groups is 3. The SMILES string of the molecule is O=C(NCc1ccc(C(F)(F)F)cc1)[C@H](Cc1ccccc1)NC(=O)[C@H]1N[C@@H]1C(=O)O.[H-].[Na+]. The van der Waals surface area contributed by atoms with Crippen molar-refractivity contribution >= 4 is 17.8 Å². The van der Waals surface area contributed by atoms with Gasteiger partial charge in [-0.25, -0.2) is 0 Å². The van der Waals surface area contributed by atoms with Crippen molar-refractivity contribution in [2.24, 2.45) is 0 Å². The van der Waals surface area contributed by atoms with E-state index in [2.05, 4.69) is 16.0 Å². The van der Waals surface area contributed by atoms with Crippen LogP contribution in [-0.4, -0.2) is 41.0 Å². The standard InChI is InChI=1S/C21H20F3N3O4.Na.H/c22-21(23,24)14-8-6-13(7-9-14)11-25-18(28)15(10-12-4-2-1-3-5-12)26-19(29)16-17(27-16)20(30)31;;/h1-9,15-17,27H,10-11H2,(H,25,28)(H,26,29)(H,30,31);;/q;+1;-1/t15-,16-,17-;;/m0../s1. The maximum Gasteiger partial charge on any atom is 1.00 e. The van der Waals surface area contributed by atoms with Crippen LogP contribution >= 0.6 is 0 Å². The molecule has 1 saturated heterocycles. The first-order valence-electron chi connectivity index (χ1n) is 9.42. The average molecular weight is 459 g/mol. The Morgan fingerprint density at radius 3 is 2.16 bits per heavy atom. The van der Waals surface area contributed by atoms with Crippen molar-refractivity contribution in [3.63, 3.8) is 0 Å². The van der Waals surface area contributed by atoms with E-state index in [1.165, 1.54) is 12.1 Å². The number of benzene rings is 2. The van der Waals surface area contributed by atoms with Crippen molar-refractivity contribution in [2.75, 3.05) is 0 Å². The quantitative estimate of drug-likeness (QED) is 0.286. The molecule has 32 heavy (non-hydrogen) atoms. The first kappa shape index (κ1) is 25.9. The summed E-state index contributed by atoms with van der Waals surface area (Å²) < 4.78 is 38.0. The van der Waals surface area contributed by atoms with Gasteiger partial charge in [0, 0.05) is 13.0 Å². The molecule has 4 N–H and O–H groups in total. The molecule has 0 aromatic heterocycles. The number of alkyl halides is 3. The van der Waals surface area contributed by atoms with Crippen molar-refractivity contribution < 1.29 is 63.6 Å². The largest absolute Gasteiger partial charge is 1.00 e. The molecule has 1 aliphatic rings. The van der Waals surface area contributed by atoms with E-state index in [1.54, 1.807) is 30.3 Å². The second-order valence-corrected chi connectivity index (χ2v) is 7.12. The Balaban J connectivity index is 0.00000272. The van der Waals surface area contributed by atoms with Gasteiger partial charge in [0.05, 0.1) is 5.56 Å². The summed E-state index contributed by atoms with van der Waals surface area (Å²) in [5, 5.41) is 16.6. The van der Waals surface area contributed by atoms with Crippen LogP contribution in [0.1, 0.15) is 18.1 Å². The Hall–Kier alpha value is -2.40. The van der Waals surface area contributed by atoms with Crippen LogP contribution in [0.5, 0.6) is 0 Å².